The van der Waals surface area contributed by atoms with Gasteiger partial charge in [-0.15, -0.1) is 0 Å². The third kappa shape index (κ3) is 4.75. The summed E-state index contributed by atoms with van der Waals surface area (Å²) in [4.78, 5) is 19.8. The number of hydrogen-bond acceptors (Lipinski definition) is 5. The summed E-state index contributed by atoms with van der Waals surface area (Å²) >= 11 is 0. The predicted octanol–water partition coefficient (Wildman–Crippen LogP) is 4.40. The third-order valence-corrected chi connectivity index (χ3v) is 6.57. The van der Waals surface area contributed by atoms with Gasteiger partial charge in [0.25, 0.3) is 10.0 Å². The van der Waals surface area contributed by atoms with Crippen molar-refractivity contribution in [3.63, 3.8) is 0 Å². The van der Waals surface area contributed by atoms with Gasteiger partial charge in [0.1, 0.15) is 4.90 Å². The fourth-order valence-corrected chi connectivity index (χ4v) is 4.75. The molecule has 0 amide bonds. The molecule has 2 aromatic carbocycles. The Bertz CT molecular complexity index is 1580. The van der Waals surface area contributed by atoms with Gasteiger partial charge in [0, 0.05) is 28.4 Å². The van der Waals surface area contributed by atoms with Gasteiger partial charge in [0.2, 0.25) is 0 Å². The van der Waals surface area contributed by atoms with E-state index in [9.17, 15) is 18.3 Å². The van der Waals surface area contributed by atoms with Gasteiger partial charge >= 0.3 is 5.97 Å². The minimum atomic E-state index is -3.95. The number of nitrogens with one attached hydrogen (secondary N) is 1. The van der Waals surface area contributed by atoms with E-state index in [0.29, 0.717) is 34.3 Å². The van der Waals surface area contributed by atoms with Crippen LogP contribution in [0.1, 0.15) is 39.8 Å². The molecule has 0 bridgehead atoms. The van der Waals surface area contributed by atoms with Crippen LogP contribution in [-0.4, -0.2) is 29.5 Å². The first kappa shape index (κ1) is 23.0. The number of aromatic carboxylic acids is 1. The molecule has 0 aliphatic rings. The number of carboxylic acids is 1. The standard InChI is InChI=1S/C26H21N3O4S/c1-3-19-15-18(16-27-25(19)26(30)31)12-14-20-7-4-5-9-22(20)29-34(32,33)23-10-6-8-21-13-11-17(2)28-24(21)23/h4-11,13,15-16,29H,3H2,1-2H3,(H,30,31). The number of benzene rings is 2. The largest absolute Gasteiger partial charge is 0.477 e. The molecule has 4 aromatic rings. The third-order valence-electron chi connectivity index (χ3n) is 5.17. The molecule has 2 aromatic heterocycles. The highest BCUT2D eigenvalue weighted by Crippen LogP contribution is 2.25. The summed E-state index contributed by atoms with van der Waals surface area (Å²) in [7, 11) is -3.95. The summed E-state index contributed by atoms with van der Waals surface area (Å²) in [5.41, 5.74) is 3.02. The maximum atomic E-state index is 13.3. The first-order chi connectivity index (χ1) is 16.3. The van der Waals surface area contributed by atoms with E-state index >= 15 is 0 Å². The highest BCUT2D eigenvalue weighted by Gasteiger charge is 2.19. The molecule has 0 saturated carbocycles. The van der Waals surface area contributed by atoms with Crippen LogP contribution in [-0.2, 0) is 16.4 Å². The van der Waals surface area contributed by atoms with E-state index < -0.39 is 16.0 Å². The fourth-order valence-electron chi connectivity index (χ4n) is 3.50. The van der Waals surface area contributed by atoms with Crippen LogP contribution in [0.25, 0.3) is 10.9 Å². The van der Waals surface area contributed by atoms with Crippen molar-refractivity contribution in [1.82, 2.24) is 9.97 Å². The zero-order valence-corrected chi connectivity index (χ0v) is 19.3. The number of nitrogens with zero attached hydrogens (tertiary/aromatic N) is 2. The molecule has 2 N–H and O–H groups in total. The Morgan fingerprint density at radius 2 is 1.85 bits per heavy atom. The highest BCUT2D eigenvalue weighted by molar-refractivity contribution is 7.93. The quantitative estimate of drug-likeness (QED) is 0.418. The van der Waals surface area contributed by atoms with Gasteiger partial charge in [0.05, 0.1) is 11.2 Å². The lowest BCUT2D eigenvalue weighted by Crippen LogP contribution is -2.14. The molecule has 0 atom stereocenters. The van der Waals surface area contributed by atoms with E-state index in [1.165, 1.54) is 12.3 Å². The molecule has 7 nitrogen and oxygen atoms in total. The van der Waals surface area contributed by atoms with Crippen molar-refractivity contribution >= 4 is 32.6 Å². The lowest BCUT2D eigenvalue weighted by molar-refractivity contribution is 0.0689. The maximum Gasteiger partial charge on any atom is 0.354 e. The van der Waals surface area contributed by atoms with Crippen LogP contribution in [0.15, 0.2) is 71.8 Å². The fraction of sp³-hybridized carbons (Fsp3) is 0.115. The van der Waals surface area contributed by atoms with Gasteiger partial charge in [-0.25, -0.2) is 18.2 Å². The number of para-hydroxylation sites is 2. The topological polar surface area (TPSA) is 109 Å². The number of sulfonamides is 1. The monoisotopic (exact) mass is 471 g/mol. The minimum absolute atomic E-state index is 0.000133. The SMILES string of the molecule is CCc1cc(C#Cc2ccccc2NS(=O)(=O)c2cccc3ccc(C)nc23)cnc1C(=O)O. The van der Waals surface area contributed by atoms with E-state index in [2.05, 4.69) is 26.5 Å². The molecule has 4 rings (SSSR count). The average molecular weight is 472 g/mol. The molecule has 0 aliphatic heterocycles. The minimum Gasteiger partial charge on any atom is -0.477 e. The van der Waals surface area contributed by atoms with Crippen molar-refractivity contribution in [1.29, 1.82) is 0 Å². The first-order valence-corrected chi connectivity index (χ1v) is 12.0. The number of hydrogen-bond donors (Lipinski definition) is 2. The molecule has 0 saturated heterocycles. The van der Waals surface area contributed by atoms with E-state index in [4.69, 9.17) is 0 Å². The number of anilines is 1. The second kappa shape index (κ2) is 9.33. The smallest absolute Gasteiger partial charge is 0.354 e. The molecule has 0 unspecified atom stereocenters. The number of rotatable bonds is 5. The highest BCUT2D eigenvalue weighted by atomic mass is 32.2. The van der Waals surface area contributed by atoms with Crippen LogP contribution >= 0.6 is 0 Å². The molecule has 170 valence electrons. The molecular formula is C26H21N3O4S. The molecule has 0 fully saturated rings. The molecule has 8 heteroatoms. The van der Waals surface area contributed by atoms with E-state index in [1.54, 1.807) is 36.4 Å². The van der Waals surface area contributed by atoms with Crippen LogP contribution in [0.3, 0.4) is 0 Å². The Morgan fingerprint density at radius 3 is 2.62 bits per heavy atom. The first-order valence-electron chi connectivity index (χ1n) is 10.5. The van der Waals surface area contributed by atoms with E-state index in [1.807, 2.05) is 32.0 Å². The number of aromatic nitrogens is 2. The molecule has 2 heterocycles. The predicted molar refractivity (Wildman–Crippen MR) is 130 cm³/mol. The Hall–Kier alpha value is -4.22. The van der Waals surface area contributed by atoms with Gasteiger partial charge in [0.15, 0.2) is 5.69 Å². The van der Waals surface area contributed by atoms with Gasteiger partial charge < -0.3 is 5.11 Å². The van der Waals surface area contributed by atoms with Gasteiger partial charge in [-0.05, 0) is 49.2 Å². The summed E-state index contributed by atoms with van der Waals surface area (Å²) in [5.74, 6) is 4.83. The van der Waals surface area contributed by atoms with Crippen molar-refractivity contribution in [2.24, 2.45) is 0 Å². The van der Waals surface area contributed by atoms with Gasteiger partial charge in [-0.1, -0.05) is 49.1 Å². The number of carboxylic acid groups (broad SMARTS) is 1. The van der Waals surface area contributed by atoms with Crippen molar-refractivity contribution < 1.29 is 18.3 Å². The summed E-state index contributed by atoms with van der Waals surface area (Å²) in [5, 5.41) is 9.97. The maximum absolute atomic E-state index is 13.3. The second-order valence-electron chi connectivity index (χ2n) is 7.57. The normalized spacial score (nSPS) is 11.0. The molecular weight excluding hydrogens is 450 g/mol. The number of fused-ring (bicyclic) bond motifs is 1. The lowest BCUT2D eigenvalue weighted by Gasteiger charge is -2.12. The zero-order valence-electron chi connectivity index (χ0n) is 18.5. The van der Waals surface area contributed by atoms with Gasteiger partial charge in [-0.3, -0.25) is 9.71 Å². The summed E-state index contributed by atoms with van der Waals surface area (Å²) in [6, 6.07) is 17.2. The van der Waals surface area contributed by atoms with Crippen molar-refractivity contribution in [3.05, 3.63) is 94.9 Å². The number of pyridine rings is 2. The van der Waals surface area contributed by atoms with Crippen LogP contribution in [0, 0.1) is 18.8 Å². The molecule has 0 radical (unpaired) electrons. The van der Waals surface area contributed by atoms with Gasteiger partial charge in [-0.2, -0.15) is 0 Å². The van der Waals surface area contributed by atoms with E-state index in [-0.39, 0.29) is 10.6 Å². The Labute approximate surface area is 197 Å². The summed E-state index contributed by atoms with van der Waals surface area (Å²) in [6.07, 6.45) is 1.89. The summed E-state index contributed by atoms with van der Waals surface area (Å²) < 4.78 is 29.2. The lowest BCUT2D eigenvalue weighted by atomic mass is 10.1. The number of carbonyl (C=O) groups is 1. The number of aryl methyl sites for hydroxylation is 2. The van der Waals surface area contributed by atoms with Crippen LogP contribution < -0.4 is 4.72 Å². The summed E-state index contributed by atoms with van der Waals surface area (Å²) in [6.45, 7) is 3.65. The van der Waals surface area contributed by atoms with E-state index in [0.717, 1.165) is 11.1 Å². The zero-order chi connectivity index (χ0) is 24.3. The molecule has 0 spiro atoms. The Morgan fingerprint density at radius 1 is 1.06 bits per heavy atom. The Balaban J connectivity index is 1.70. The van der Waals surface area contributed by atoms with Crippen molar-refractivity contribution in [2.75, 3.05) is 4.72 Å². The Kier molecular flexibility index (Phi) is 6.30. The second-order valence-corrected chi connectivity index (χ2v) is 9.22. The van der Waals surface area contributed by atoms with Crippen LogP contribution in [0.4, 0.5) is 5.69 Å². The van der Waals surface area contributed by atoms with Crippen molar-refractivity contribution in [3.8, 4) is 11.8 Å². The molecule has 0 aliphatic carbocycles. The van der Waals surface area contributed by atoms with Crippen molar-refractivity contribution in [2.45, 2.75) is 25.2 Å². The molecule has 34 heavy (non-hydrogen) atoms. The van der Waals surface area contributed by atoms with Crippen LogP contribution in [0.2, 0.25) is 0 Å². The average Bonchev–Trinajstić information content (AvgIpc) is 2.82. The van der Waals surface area contributed by atoms with Crippen LogP contribution in [0.5, 0.6) is 0 Å².